The van der Waals surface area contributed by atoms with Crippen molar-refractivity contribution in [2.75, 3.05) is 42.1 Å². The van der Waals surface area contributed by atoms with Crippen LogP contribution in [0.1, 0.15) is 6.23 Å². The van der Waals surface area contributed by atoms with Crippen LogP contribution in [0.2, 0.25) is 0 Å². The number of H-pyrrole nitrogens is 1. The molecule has 14 nitrogen and oxygen atoms in total. The molecule has 0 bridgehead atoms. The molecule has 4 heterocycles. The van der Waals surface area contributed by atoms with Crippen molar-refractivity contribution in [3.8, 4) is 0 Å². The van der Waals surface area contributed by atoms with E-state index in [0.29, 0.717) is 19.6 Å². The molecule has 0 unspecified atom stereocenters. The average Bonchev–Trinajstić information content (AvgIpc) is 3.32. The summed E-state index contributed by atoms with van der Waals surface area (Å²) in [5, 5.41) is 27.0. The van der Waals surface area contributed by atoms with Gasteiger partial charge in [0.1, 0.15) is 29.7 Å². The summed E-state index contributed by atoms with van der Waals surface area (Å²) in [7, 11) is 0. The average molecular weight is 458 g/mol. The molecular formula is C19H22N8O6. The molecule has 14 heteroatoms. The Kier molecular flexibility index (Phi) is 4.92. The lowest BCUT2D eigenvalue weighted by atomic mass is 10.1. The number of anilines is 3. The van der Waals surface area contributed by atoms with Crippen LogP contribution in [0.5, 0.6) is 0 Å². The van der Waals surface area contributed by atoms with Crippen LogP contribution in [0.15, 0.2) is 33.0 Å². The first-order valence-electron chi connectivity index (χ1n) is 10.2. The minimum Gasteiger partial charge on any atom is -0.387 e. The van der Waals surface area contributed by atoms with E-state index in [4.69, 9.17) is 10.5 Å². The fraction of sp³-hybridized carbons (Fsp3) is 0.421. The number of imidazole rings is 1. The Morgan fingerprint density at radius 3 is 2.82 bits per heavy atom. The molecule has 5 rings (SSSR count). The number of aromatic amines is 1. The number of fused-ring (bicyclic) bond motifs is 1. The predicted molar refractivity (Wildman–Crippen MR) is 118 cm³/mol. The van der Waals surface area contributed by atoms with Gasteiger partial charge in [0.15, 0.2) is 17.4 Å². The van der Waals surface area contributed by atoms with Crippen LogP contribution < -0.4 is 37.7 Å². The smallest absolute Gasteiger partial charge is 0.280 e. The molecule has 0 spiro atoms. The summed E-state index contributed by atoms with van der Waals surface area (Å²) in [6.45, 7) is 5.32. The number of piperazine rings is 1. The van der Waals surface area contributed by atoms with Gasteiger partial charge in [0.05, 0.1) is 12.9 Å². The summed E-state index contributed by atoms with van der Waals surface area (Å²) in [5.74, 6) is -0.135. The Hall–Kier alpha value is -3.75. The fourth-order valence-corrected chi connectivity index (χ4v) is 4.23. The molecule has 0 amide bonds. The third-order valence-corrected chi connectivity index (χ3v) is 5.88. The van der Waals surface area contributed by atoms with Gasteiger partial charge in [0.2, 0.25) is 5.95 Å². The highest BCUT2D eigenvalue weighted by atomic mass is 16.6. The number of nitrogens with zero attached hydrogens (tertiary/aromatic N) is 4. The van der Waals surface area contributed by atoms with E-state index in [-0.39, 0.29) is 35.0 Å². The molecule has 3 aromatic rings. The Balaban J connectivity index is 1.34. The quantitative estimate of drug-likeness (QED) is 0.211. The summed E-state index contributed by atoms with van der Waals surface area (Å²) >= 11 is 0. The summed E-state index contributed by atoms with van der Waals surface area (Å²) in [4.78, 5) is 48.4. The van der Waals surface area contributed by atoms with E-state index in [9.17, 15) is 24.6 Å². The van der Waals surface area contributed by atoms with Crippen LogP contribution in [-0.4, -0.2) is 74.2 Å². The molecule has 174 valence electrons. The van der Waals surface area contributed by atoms with E-state index in [2.05, 4.69) is 32.2 Å². The number of hydrogen-bond donors (Lipinski definition) is 6. The lowest BCUT2D eigenvalue weighted by Crippen LogP contribution is -2.49. The zero-order valence-electron chi connectivity index (χ0n) is 17.3. The van der Waals surface area contributed by atoms with Crippen molar-refractivity contribution < 1.29 is 14.9 Å². The molecular weight excluding hydrogens is 436 g/mol. The summed E-state index contributed by atoms with van der Waals surface area (Å²) in [6.07, 6.45) is -3.48. The molecule has 0 saturated carbocycles. The highest BCUT2D eigenvalue weighted by Crippen LogP contribution is 2.32. The molecule has 33 heavy (non-hydrogen) atoms. The molecule has 1 aromatic carbocycles. The number of nitrogen functional groups attached to an aromatic ring is 1. The number of aliphatic hydroxyl groups excluding tert-OH is 2. The number of nitrogens with two attached hydrogens (primary N) is 1. The Bertz CT molecular complexity index is 1370. The van der Waals surface area contributed by atoms with Crippen LogP contribution in [-0.2, 0) is 4.74 Å². The van der Waals surface area contributed by atoms with Gasteiger partial charge in [-0.15, -0.1) is 0 Å². The monoisotopic (exact) mass is 458 g/mol. The predicted octanol–water partition coefficient (Wildman–Crippen LogP) is -3.05. The highest BCUT2D eigenvalue weighted by molar-refractivity contribution is 5.76. The SMILES string of the molecule is C=C1CN(c2c(NC[C@H]3O[C@@H](n4cnc5c(=O)[nH]c(N)nc54)[C@H](O)[C@@H]3O)c(=O)c2=O)CCN1. The number of rotatable bonds is 5. The van der Waals surface area contributed by atoms with Crippen LogP contribution in [0.25, 0.3) is 11.2 Å². The highest BCUT2D eigenvalue weighted by Gasteiger charge is 2.44. The lowest BCUT2D eigenvalue weighted by molar-refractivity contribution is -0.0312. The van der Waals surface area contributed by atoms with Gasteiger partial charge in [-0.3, -0.25) is 23.9 Å². The van der Waals surface area contributed by atoms with E-state index in [1.165, 1.54) is 10.9 Å². The van der Waals surface area contributed by atoms with Gasteiger partial charge >= 0.3 is 0 Å². The van der Waals surface area contributed by atoms with Gasteiger partial charge < -0.3 is 36.2 Å². The van der Waals surface area contributed by atoms with Gasteiger partial charge in [-0.25, -0.2) is 4.98 Å². The second-order valence-corrected chi connectivity index (χ2v) is 8.04. The molecule has 0 aliphatic carbocycles. The third-order valence-electron chi connectivity index (χ3n) is 5.88. The maximum Gasteiger partial charge on any atom is 0.280 e. The van der Waals surface area contributed by atoms with E-state index < -0.39 is 41.0 Å². The maximum absolute atomic E-state index is 12.2. The topological polar surface area (TPSA) is 201 Å². The first kappa shape index (κ1) is 21.1. The van der Waals surface area contributed by atoms with Crippen molar-refractivity contribution in [2.24, 2.45) is 0 Å². The molecule has 7 N–H and O–H groups in total. The number of nitrogens with one attached hydrogen (secondary N) is 3. The summed E-state index contributed by atoms with van der Waals surface area (Å²) in [5.41, 5.74) is 5.05. The number of ether oxygens (including phenoxy) is 1. The van der Waals surface area contributed by atoms with E-state index >= 15 is 0 Å². The normalized spacial score (nSPS) is 25.6. The van der Waals surface area contributed by atoms with E-state index in [1.807, 2.05) is 0 Å². The molecule has 2 saturated heterocycles. The zero-order valence-corrected chi connectivity index (χ0v) is 17.3. The van der Waals surface area contributed by atoms with Crippen molar-refractivity contribution in [3.05, 3.63) is 49.4 Å². The largest absolute Gasteiger partial charge is 0.387 e. The van der Waals surface area contributed by atoms with Crippen molar-refractivity contribution in [3.63, 3.8) is 0 Å². The molecule has 0 radical (unpaired) electrons. The van der Waals surface area contributed by atoms with Crippen LogP contribution >= 0.6 is 0 Å². The van der Waals surface area contributed by atoms with Gasteiger partial charge in [0, 0.05) is 25.3 Å². The Morgan fingerprint density at radius 1 is 1.27 bits per heavy atom. The maximum atomic E-state index is 12.2. The molecule has 4 atom stereocenters. The van der Waals surface area contributed by atoms with E-state index in [0.717, 1.165) is 5.70 Å². The Morgan fingerprint density at radius 2 is 2.06 bits per heavy atom. The van der Waals surface area contributed by atoms with Gasteiger partial charge in [-0.1, -0.05) is 6.58 Å². The van der Waals surface area contributed by atoms with E-state index in [1.54, 1.807) is 4.90 Å². The zero-order chi connectivity index (χ0) is 23.4. The fourth-order valence-electron chi connectivity index (χ4n) is 4.23. The van der Waals surface area contributed by atoms with Crippen LogP contribution in [0.3, 0.4) is 0 Å². The number of aromatic nitrogens is 4. The summed E-state index contributed by atoms with van der Waals surface area (Å²) < 4.78 is 7.12. The third kappa shape index (κ3) is 3.35. The van der Waals surface area contributed by atoms with Crippen molar-refractivity contribution in [1.82, 2.24) is 24.8 Å². The van der Waals surface area contributed by atoms with Crippen LogP contribution in [0, 0.1) is 0 Å². The molecule has 2 fully saturated rings. The van der Waals surface area contributed by atoms with Gasteiger partial charge in [0.25, 0.3) is 16.4 Å². The minimum atomic E-state index is -1.37. The number of hydrogen-bond acceptors (Lipinski definition) is 12. The van der Waals surface area contributed by atoms with Crippen molar-refractivity contribution in [2.45, 2.75) is 24.5 Å². The van der Waals surface area contributed by atoms with Crippen molar-refractivity contribution in [1.29, 1.82) is 0 Å². The number of aliphatic hydroxyl groups is 2. The molecule has 2 aliphatic heterocycles. The van der Waals surface area contributed by atoms with Gasteiger partial charge in [-0.2, -0.15) is 4.98 Å². The Labute approximate surface area is 185 Å². The van der Waals surface area contributed by atoms with Gasteiger partial charge in [-0.05, 0) is 0 Å². The molecule has 2 aromatic heterocycles. The second kappa shape index (κ2) is 7.68. The summed E-state index contributed by atoms with van der Waals surface area (Å²) in [6, 6.07) is 0. The lowest BCUT2D eigenvalue weighted by Gasteiger charge is -2.33. The second-order valence-electron chi connectivity index (χ2n) is 8.04. The first-order valence-corrected chi connectivity index (χ1v) is 10.2. The van der Waals surface area contributed by atoms with Crippen LogP contribution in [0.4, 0.5) is 17.3 Å². The molecule has 2 aliphatic rings. The standard InChI is InChI=1S/C19H22N8O6/c1-7-5-26(3-2-21-7)11-9(13(29)14(11)30)22-4-8-12(28)15(31)18(33-8)27-6-23-10-16(27)24-19(20)25-17(10)32/h6,8,12,15,18,21-22,28,31H,1-5H2,(H3,20,24,25,32)/t8-,12-,15-,18-/m1/s1. The minimum absolute atomic E-state index is 0.00190. The van der Waals surface area contributed by atoms with Crippen molar-refractivity contribution >= 4 is 28.5 Å². The first-order chi connectivity index (χ1) is 15.8.